The smallest absolute Gasteiger partial charge is 0.217 e. The highest BCUT2D eigenvalue weighted by molar-refractivity contribution is 5.77. The Labute approximate surface area is 82.1 Å². The number of aldehydes is 1. The number of aliphatic hydroxyl groups excluding tert-OH is 2. The number of nitrogens with one attached hydrogen (secondary N) is 1. The van der Waals surface area contributed by atoms with E-state index < -0.39 is 30.2 Å². The van der Waals surface area contributed by atoms with E-state index in [1.807, 2.05) is 0 Å². The van der Waals surface area contributed by atoms with E-state index in [2.05, 4.69) is 5.32 Å². The maximum absolute atomic E-state index is 10.6. The largest absolute Gasteiger partial charge is 0.392 e. The summed E-state index contributed by atoms with van der Waals surface area (Å²) in [6.45, 7) is 2.61. The lowest BCUT2D eigenvalue weighted by Gasteiger charge is -2.25. The van der Waals surface area contributed by atoms with Gasteiger partial charge in [-0.25, -0.2) is 0 Å². The number of hydrogen-bond acceptors (Lipinski definition) is 5. The molecule has 0 rings (SSSR count). The van der Waals surface area contributed by atoms with Crippen molar-refractivity contribution in [3.05, 3.63) is 0 Å². The van der Waals surface area contributed by atoms with Gasteiger partial charge < -0.3 is 26.1 Å². The molecule has 0 spiro atoms. The second-order valence-corrected chi connectivity index (χ2v) is 3.17. The Morgan fingerprint density at radius 2 is 2.00 bits per heavy atom. The van der Waals surface area contributed by atoms with E-state index in [1.54, 1.807) is 0 Å². The molecule has 4 unspecified atom stereocenters. The number of carbonyl (C=O) groups is 2. The average Bonchev–Trinajstić information content (AvgIpc) is 2.11. The van der Waals surface area contributed by atoms with Crippen molar-refractivity contribution >= 4 is 12.2 Å². The van der Waals surface area contributed by atoms with Crippen LogP contribution in [-0.4, -0.2) is 46.7 Å². The van der Waals surface area contributed by atoms with E-state index in [9.17, 15) is 14.7 Å². The Hall–Kier alpha value is -0.980. The van der Waals surface area contributed by atoms with Crippen molar-refractivity contribution in [1.29, 1.82) is 0 Å². The highest BCUT2D eigenvalue weighted by Gasteiger charge is 2.28. The van der Waals surface area contributed by atoms with E-state index in [1.165, 1.54) is 13.8 Å². The monoisotopic (exact) mass is 204 g/mol. The summed E-state index contributed by atoms with van der Waals surface area (Å²) in [5.41, 5.74) is 5.40. The average molecular weight is 204 g/mol. The normalized spacial score (nSPS) is 19.2. The summed E-state index contributed by atoms with van der Waals surface area (Å²) >= 11 is 0. The van der Waals surface area contributed by atoms with Gasteiger partial charge in [0, 0.05) is 6.92 Å². The van der Waals surface area contributed by atoms with Gasteiger partial charge in [-0.15, -0.1) is 0 Å². The zero-order valence-corrected chi connectivity index (χ0v) is 8.18. The van der Waals surface area contributed by atoms with Gasteiger partial charge in [0.25, 0.3) is 0 Å². The summed E-state index contributed by atoms with van der Waals surface area (Å²) < 4.78 is 0. The zero-order valence-electron chi connectivity index (χ0n) is 8.18. The molecule has 0 saturated carbocycles. The number of amides is 1. The molecule has 0 radical (unpaired) electrons. The minimum atomic E-state index is -1.30. The molecule has 0 heterocycles. The number of aliphatic hydroxyl groups is 2. The fourth-order valence-corrected chi connectivity index (χ4v) is 0.959. The third kappa shape index (κ3) is 3.82. The third-order valence-electron chi connectivity index (χ3n) is 1.84. The molecular formula is C8H16N2O4. The van der Waals surface area contributed by atoms with E-state index in [-0.39, 0.29) is 0 Å². The van der Waals surface area contributed by atoms with Gasteiger partial charge in [0.05, 0.1) is 18.2 Å². The van der Waals surface area contributed by atoms with Crippen LogP contribution < -0.4 is 11.1 Å². The standard InChI is InChI=1S/C8H16N2O4/c1-4(12)7(9)8(14)6(3-11)10-5(2)13/h3-4,6-8,12,14H,9H2,1-2H3,(H,10,13). The summed E-state index contributed by atoms with van der Waals surface area (Å²) in [4.78, 5) is 21.1. The summed E-state index contributed by atoms with van der Waals surface area (Å²) in [7, 11) is 0. The molecule has 0 fully saturated rings. The molecule has 6 heteroatoms. The molecule has 4 atom stereocenters. The highest BCUT2D eigenvalue weighted by atomic mass is 16.3. The summed E-state index contributed by atoms with van der Waals surface area (Å²) in [6.07, 6.45) is -1.87. The molecular weight excluding hydrogens is 188 g/mol. The molecule has 82 valence electrons. The molecule has 0 aliphatic rings. The predicted molar refractivity (Wildman–Crippen MR) is 49.3 cm³/mol. The summed E-state index contributed by atoms with van der Waals surface area (Å²) in [5.74, 6) is -0.445. The molecule has 0 aromatic carbocycles. The molecule has 5 N–H and O–H groups in total. The molecule has 0 bridgehead atoms. The topological polar surface area (TPSA) is 113 Å². The molecule has 14 heavy (non-hydrogen) atoms. The first-order valence-corrected chi connectivity index (χ1v) is 4.24. The number of nitrogens with two attached hydrogens (primary N) is 1. The van der Waals surface area contributed by atoms with Crippen LogP contribution >= 0.6 is 0 Å². The van der Waals surface area contributed by atoms with Gasteiger partial charge >= 0.3 is 0 Å². The molecule has 1 amide bonds. The SMILES string of the molecule is CC(=O)NC(C=O)C(O)C(N)C(C)O. The summed E-state index contributed by atoms with van der Waals surface area (Å²) in [6, 6.07) is -2.06. The second kappa shape index (κ2) is 5.69. The van der Waals surface area contributed by atoms with Gasteiger partial charge in [0.2, 0.25) is 5.91 Å². The molecule has 0 aromatic heterocycles. The van der Waals surface area contributed by atoms with Crippen molar-refractivity contribution in [2.24, 2.45) is 5.73 Å². The zero-order chi connectivity index (χ0) is 11.3. The quantitative estimate of drug-likeness (QED) is 0.378. The number of rotatable bonds is 5. The number of carbonyl (C=O) groups excluding carboxylic acids is 2. The predicted octanol–water partition coefficient (Wildman–Crippen LogP) is -2.24. The van der Waals surface area contributed by atoms with Crippen molar-refractivity contribution in [3.8, 4) is 0 Å². The van der Waals surface area contributed by atoms with Gasteiger partial charge in [0.15, 0.2) is 0 Å². The Bertz CT molecular complexity index is 208. The molecule has 6 nitrogen and oxygen atoms in total. The molecule has 0 saturated heterocycles. The van der Waals surface area contributed by atoms with Gasteiger partial charge in [-0.1, -0.05) is 0 Å². The lowest BCUT2D eigenvalue weighted by molar-refractivity contribution is -0.124. The fourth-order valence-electron chi connectivity index (χ4n) is 0.959. The van der Waals surface area contributed by atoms with Gasteiger partial charge in [-0.3, -0.25) is 4.79 Å². The Kier molecular flexibility index (Phi) is 5.29. The fraction of sp³-hybridized carbons (Fsp3) is 0.750. The van der Waals surface area contributed by atoms with E-state index >= 15 is 0 Å². The van der Waals surface area contributed by atoms with Crippen LogP contribution in [0.15, 0.2) is 0 Å². The minimum absolute atomic E-state index is 0.383. The van der Waals surface area contributed by atoms with Crippen LogP contribution in [0.5, 0.6) is 0 Å². The first-order chi connectivity index (χ1) is 6.40. The van der Waals surface area contributed by atoms with Crippen LogP contribution in [-0.2, 0) is 9.59 Å². The first-order valence-electron chi connectivity index (χ1n) is 4.24. The van der Waals surface area contributed by atoms with Crippen LogP contribution in [0.1, 0.15) is 13.8 Å². The van der Waals surface area contributed by atoms with Crippen LogP contribution in [0.25, 0.3) is 0 Å². The van der Waals surface area contributed by atoms with Crippen molar-refractivity contribution in [3.63, 3.8) is 0 Å². The Morgan fingerprint density at radius 3 is 2.29 bits per heavy atom. The van der Waals surface area contributed by atoms with Crippen molar-refractivity contribution in [1.82, 2.24) is 5.32 Å². The van der Waals surface area contributed by atoms with Gasteiger partial charge in [-0.05, 0) is 6.92 Å². The van der Waals surface area contributed by atoms with Crippen LogP contribution in [0, 0.1) is 0 Å². The maximum atomic E-state index is 10.6. The van der Waals surface area contributed by atoms with E-state index in [4.69, 9.17) is 10.8 Å². The summed E-state index contributed by atoms with van der Waals surface area (Å²) in [5, 5.41) is 20.7. The van der Waals surface area contributed by atoms with Crippen molar-refractivity contribution in [2.45, 2.75) is 38.1 Å². The van der Waals surface area contributed by atoms with E-state index in [0.717, 1.165) is 0 Å². The first kappa shape index (κ1) is 13.0. The third-order valence-corrected chi connectivity index (χ3v) is 1.84. The van der Waals surface area contributed by atoms with Crippen molar-refractivity contribution in [2.75, 3.05) is 0 Å². The van der Waals surface area contributed by atoms with Gasteiger partial charge in [-0.2, -0.15) is 0 Å². The number of hydrogen-bond donors (Lipinski definition) is 4. The van der Waals surface area contributed by atoms with Crippen LogP contribution in [0.3, 0.4) is 0 Å². The Morgan fingerprint density at radius 1 is 1.50 bits per heavy atom. The van der Waals surface area contributed by atoms with Crippen molar-refractivity contribution < 1.29 is 19.8 Å². The van der Waals surface area contributed by atoms with E-state index in [0.29, 0.717) is 6.29 Å². The highest BCUT2D eigenvalue weighted by Crippen LogP contribution is 2.00. The second-order valence-electron chi connectivity index (χ2n) is 3.17. The molecule has 0 aliphatic heterocycles. The van der Waals surface area contributed by atoms with Crippen LogP contribution in [0.4, 0.5) is 0 Å². The van der Waals surface area contributed by atoms with Gasteiger partial charge in [0.1, 0.15) is 12.3 Å². The lowest BCUT2D eigenvalue weighted by Crippen LogP contribution is -2.55. The molecule has 0 aromatic rings. The maximum Gasteiger partial charge on any atom is 0.217 e. The Balaban J connectivity index is 4.36. The minimum Gasteiger partial charge on any atom is -0.392 e. The van der Waals surface area contributed by atoms with Crippen LogP contribution in [0.2, 0.25) is 0 Å². The lowest BCUT2D eigenvalue weighted by atomic mass is 10.0. The molecule has 0 aliphatic carbocycles.